The van der Waals surface area contributed by atoms with Gasteiger partial charge in [0.25, 0.3) is 5.91 Å². The highest BCUT2D eigenvalue weighted by atomic mass is 19.1. The molecule has 2 aromatic carbocycles. The number of ether oxygens (including phenoxy) is 1. The molecule has 5 heteroatoms. The fraction of sp³-hybridized carbons (Fsp3) is 0.167. The van der Waals surface area contributed by atoms with Crippen LogP contribution in [0.1, 0.15) is 11.1 Å². The monoisotopic (exact) mass is 313 g/mol. The first-order chi connectivity index (χ1) is 11.2. The average Bonchev–Trinajstić information content (AvgIpc) is 2.56. The molecular formula is C18H16FNO3. The van der Waals surface area contributed by atoms with Gasteiger partial charge in [0, 0.05) is 17.9 Å². The normalized spacial score (nSPS) is 12.9. The summed E-state index contributed by atoms with van der Waals surface area (Å²) in [7, 11) is 0. The second kappa shape index (κ2) is 6.62. The number of carbonyl (C=O) groups excluding carboxylic acids is 1. The van der Waals surface area contributed by atoms with Gasteiger partial charge in [-0.1, -0.05) is 12.1 Å². The summed E-state index contributed by atoms with van der Waals surface area (Å²) in [5, 5.41) is 11.7. The number of aliphatic hydroxyl groups is 1. The van der Waals surface area contributed by atoms with Crippen molar-refractivity contribution in [3.63, 3.8) is 0 Å². The van der Waals surface area contributed by atoms with Gasteiger partial charge in [-0.05, 0) is 48.4 Å². The van der Waals surface area contributed by atoms with Crippen LogP contribution in [0.5, 0.6) is 5.75 Å². The molecule has 1 heterocycles. The van der Waals surface area contributed by atoms with Crippen molar-refractivity contribution in [3.8, 4) is 5.75 Å². The first-order valence-electron chi connectivity index (χ1n) is 7.30. The zero-order valence-electron chi connectivity index (χ0n) is 12.4. The standard InChI is InChI=1S/C18H16FNO3/c19-15-3-6-17-13(10-15)9-14(11-23-17)18(22)20-16-4-1-12(2-5-16)7-8-21/h1-6,9-10,21H,7-8,11H2,(H,20,22). The molecule has 23 heavy (non-hydrogen) atoms. The number of rotatable bonds is 4. The molecular weight excluding hydrogens is 297 g/mol. The SMILES string of the molecule is O=C(Nc1ccc(CCO)cc1)C1=Cc2cc(F)ccc2OC1. The highest BCUT2D eigenvalue weighted by Gasteiger charge is 2.17. The zero-order chi connectivity index (χ0) is 16.2. The lowest BCUT2D eigenvalue weighted by atomic mass is 10.1. The fourth-order valence-electron chi connectivity index (χ4n) is 2.37. The van der Waals surface area contributed by atoms with E-state index in [1.165, 1.54) is 12.1 Å². The molecule has 2 aromatic rings. The lowest BCUT2D eigenvalue weighted by Gasteiger charge is -2.17. The van der Waals surface area contributed by atoms with Gasteiger partial charge in [-0.15, -0.1) is 0 Å². The molecule has 0 atom stereocenters. The van der Waals surface area contributed by atoms with E-state index in [2.05, 4.69) is 5.32 Å². The predicted octanol–water partition coefficient (Wildman–Crippen LogP) is 2.78. The third kappa shape index (κ3) is 3.57. The van der Waals surface area contributed by atoms with E-state index >= 15 is 0 Å². The van der Waals surface area contributed by atoms with Crippen LogP contribution in [0.2, 0.25) is 0 Å². The average molecular weight is 313 g/mol. The highest BCUT2D eigenvalue weighted by Crippen LogP contribution is 2.27. The zero-order valence-corrected chi connectivity index (χ0v) is 12.4. The van der Waals surface area contributed by atoms with Crippen molar-refractivity contribution in [2.45, 2.75) is 6.42 Å². The molecule has 4 nitrogen and oxygen atoms in total. The molecule has 0 spiro atoms. The number of aliphatic hydroxyl groups excluding tert-OH is 1. The van der Waals surface area contributed by atoms with Gasteiger partial charge in [0.15, 0.2) is 0 Å². The number of halogens is 1. The van der Waals surface area contributed by atoms with Gasteiger partial charge in [-0.25, -0.2) is 4.39 Å². The molecule has 1 aliphatic rings. The molecule has 118 valence electrons. The predicted molar refractivity (Wildman–Crippen MR) is 85.7 cm³/mol. The van der Waals surface area contributed by atoms with Gasteiger partial charge in [-0.3, -0.25) is 4.79 Å². The number of hydrogen-bond acceptors (Lipinski definition) is 3. The summed E-state index contributed by atoms with van der Waals surface area (Å²) in [6.07, 6.45) is 2.22. The third-order valence-electron chi connectivity index (χ3n) is 3.59. The molecule has 0 bridgehead atoms. The number of amides is 1. The Bertz CT molecular complexity index is 753. The Balaban J connectivity index is 1.73. The van der Waals surface area contributed by atoms with E-state index in [9.17, 15) is 9.18 Å². The largest absolute Gasteiger partial charge is 0.488 e. The molecule has 2 N–H and O–H groups in total. The van der Waals surface area contributed by atoms with Crippen molar-refractivity contribution >= 4 is 17.7 Å². The van der Waals surface area contributed by atoms with E-state index in [0.29, 0.717) is 29.0 Å². The van der Waals surface area contributed by atoms with Gasteiger partial charge in [-0.2, -0.15) is 0 Å². The summed E-state index contributed by atoms with van der Waals surface area (Å²) < 4.78 is 18.7. The quantitative estimate of drug-likeness (QED) is 0.912. The van der Waals surface area contributed by atoms with Crippen LogP contribution in [0.15, 0.2) is 48.0 Å². The Labute approximate surface area is 133 Å². The highest BCUT2D eigenvalue weighted by molar-refractivity contribution is 6.07. The molecule has 1 aliphatic heterocycles. The summed E-state index contributed by atoms with van der Waals surface area (Å²) >= 11 is 0. The van der Waals surface area contributed by atoms with Crippen molar-refractivity contribution in [1.82, 2.24) is 0 Å². The van der Waals surface area contributed by atoms with Crippen molar-refractivity contribution in [1.29, 1.82) is 0 Å². The molecule has 0 saturated carbocycles. The van der Waals surface area contributed by atoms with Gasteiger partial charge in [0.1, 0.15) is 18.2 Å². The maximum absolute atomic E-state index is 13.3. The minimum absolute atomic E-state index is 0.0892. The summed E-state index contributed by atoms with van der Waals surface area (Å²) in [6.45, 7) is 0.235. The van der Waals surface area contributed by atoms with Crippen LogP contribution in [-0.4, -0.2) is 24.2 Å². The first kappa shape index (κ1) is 15.2. The Kier molecular flexibility index (Phi) is 4.39. The fourth-order valence-corrected chi connectivity index (χ4v) is 2.37. The van der Waals surface area contributed by atoms with Crippen molar-refractivity contribution in [2.24, 2.45) is 0 Å². The molecule has 0 aromatic heterocycles. The number of fused-ring (bicyclic) bond motifs is 1. The van der Waals surface area contributed by atoms with Gasteiger partial charge < -0.3 is 15.2 Å². The number of nitrogens with one attached hydrogen (secondary N) is 1. The molecule has 0 saturated heterocycles. The third-order valence-corrected chi connectivity index (χ3v) is 3.59. The molecule has 0 unspecified atom stereocenters. The van der Waals surface area contributed by atoms with Crippen LogP contribution in [-0.2, 0) is 11.2 Å². The van der Waals surface area contributed by atoms with Crippen molar-refractivity contribution < 1.29 is 19.0 Å². The summed E-state index contributed by atoms with van der Waals surface area (Å²) in [5.74, 6) is -0.0872. The van der Waals surface area contributed by atoms with Crippen LogP contribution in [0, 0.1) is 5.82 Å². The second-order valence-corrected chi connectivity index (χ2v) is 5.27. The molecule has 0 radical (unpaired) electrons. The van der Waals surface area contributed by atoms with E-state index < -0.39 is 0 Å². The lowest BCUT2D eigenvalue weighted by Crippen LogP contribution is -2.21. The summed E-state index contributed by atoms with van der Waals surface area (Å²) in [5.41, 5.74) is 2.64. The molecule has 3 rings (SSSR count). The van der Waals surface area contributed by atoms with Crippen LogP contribution in [0.4, 0.5) is 10.1 Å². The Morgan fingerprint density at radius 2 is 2.00 bits per heavy atom. The maximum Gasteiger partial charge on any atom is 0.255 e. The first-order valence-corrected chi connectivity index (χ1v) is 7.30. The topological polar surface area (TPSA) is 58.6 Å². The number of anilines is 1. The summed E-state index contributed by atoms with van der Waals surface area (Å²) in [4.78, 5) is 12.3. The smallest absolute Gasteiger partial charge is 0.255 e. The van der Waals surface area contributed by atoms with Crippen molar-refractivity contribution in [2.75, 3.05) is 18.5 Å². The number of benzene rings is 2. The van der Waals surface area contributed by atoms with Crippen LogP contribution < -0.4 is 10.1 Å². The van der Waals surface area contributed by atoms with Crippen LogP contribution in [0.3, 0.4) is 0 Å². The van der Waals surface area contributed by atoms with Crippen molar-refractivity contribution in [3.05, 3.63) is 65.0 Å². The Hall–Kier alpha value is -2.66. The molecule has 0 fully saturated rings. The van der Waals surface area contributed by atoms with E-state index in [1.807, 2.05) is 12.1 Å². The van der Waals surface area contributed by atoms with Gasteiger partial charge in [0.05, 0.1) is 5.57 Å². The Morgan fingerprint density at radius 3 is 2.74 bits per heavy atom. The maximum atomic E-state index is 13.3. The summed E-state index contributed by atoms with van der Waals surface area (Å²) in [6, 6.07) is 11.5. The minimum Gasteiger partial charge on any atom is -0.488 e. The molecule has 1 amide bonds. The van der Waals surface area contributed by atoms with Crippen LogP contribution >= 0.6 is 0 Å². The van der Waals surface area contributed by atoms with E-state index in [-0.39, 0.29) is 24.9 Å². The number of carbonyl (C=O) groups is 1. The lowest BCUT2D eigenvalue weighted by molar-refractivity contribution is -0.113. The minimum atomic E-state index is -0.371. The van der Waals surface area contributed by atoms with E-state index in [0.717, 1.165) is 5.56 Å². The Morgan fingerprint density at radius 1 is 1.22 bits per heavy atom. The van der Waals surface area contributed by atoms with E-state index in [1.54, 1.807) is 24.3 Å². The van der Waals surface area contributed by atoms with E-state index in [4.69, 9.17) is 9.84 Å². The van der Waals surface area contributed by atoms with Crippen LogP contribution in [0.25, 0.3) is 6.08 Å². The second-order valence-electron chi connectivity index (χ2n) is 5.27. The molecule has 0 aliphatic carbocycles. The van der Waals surface area contributed by atoms with Gasteiger partial charge in [0.2, 0.25) is 0 Å². The number of hydrogen-bond donors (Lipinski definition) is 2. The van der Waals surface area contributed by atoms with Gasteiger partial charge >= 0.3 is 0 Å².